The SMILES string of the molecule is Cn1ccnc1CN1C[C@@H]2COC[C@H](C1)N(C(=O)c1n[nH]c3c1CCC3)C2. The maximum atomic E-state index is 13.3. The molecule has 144 valence electrons. The molecule has 0 saturated carbocycles. The Bertz CT molecular complexity index is 843. The molecule has 1 N–H and O–H groups in total. The molecule has 2 saturated heterocycles. The Labute approximate surface area is 158 Å². The first-order chi connectivity index (χ1) is 13.2. The van der Waals surface area contributed by atoms with Crippen LogP contribution in [0.25, 0.3) is 0 Å². The fraction of sp³-hybridized carbons (Fsp3) is 0.632. The quantitative estimate of drug-likeness (QED) is 0.856. The lowest BCUT2D eigenvalue weighted by molar-refractivity contribution is 0.0415. The molecule has 2 aliphatic heterocycles. The number of aromatic nitrogens is 4. The fourth-order valence-electron chi connectivity index (χ4n) is 4.70. The summed E-state index contributed by atoms with van der Waals surface area (Å²) in [7, 11) is 2.03. The van der Waals surface area contributed by atoms with Gasteiger partial charge in [-0.2, -0.15) is 5.10 Å². The van der Waals surface area contributed by atoms with Gasteiger partial charge in [0, 0.05) is 56.3 Å². The number of hydrogen-bond acceptors (Lipinski definition) is 5. The first-order valence-corrected chi connectivity index (χ1v) is 9.82. The third kappa shape index (κ3) is 3.06. The molecule has 2 bridgehead atoms. The van der Waals surface area contributed by atoms with E-state index in [0.29, 0.717) is 24.8 Å². The molecule has 1 aliphatic carbocycles. The van der Waals surface area contributed by atoms with Crippen molar-refractivity contribution in [3.05, 3.63) is 35.2 Å². The number of nitrogens with one attached hydrogen (secondary N) is 1. The molecule has 0 aromatic carbocycles. The second-order valence-electron chi connectivity index (χ2n) is 8.05. The monoisotopic (exact) mass is 370 g/mol. The van der Waals surface area contributed by atoms with Gasteiger partial charge in [-0.3, -0.25) is 14.8 Å². The summed E-state index contributed by atoms with van der Waals surface area (Å²) in [5.41, 5.74) is 2.90. The van der Waals surface area contributed by atoms with Crippen LogP contribution in [0.4, 0.5) is 0 Å². The summed E-state index contributed by atoms with van der Waals surface area (Å²) in [5, 5.41) is 7.44. The number of aryl methyl sites for hydroxylation is 2. The molecule has 8 nitrogen and oxygen atoms in total. The zero-order chi connectivity index (χ0) is 18.4. The maximum Gasteiger partial charge on any atom is 0.275 e. The van der Waals surface area contributed by atoms with Gasteiger partial charge in [-0.05, 0) is 19.3 Å². The molecule has 4 heterocycles. The normalized spacial score (nSPS) is 25.4. The molecule has 1 amide bonds. The Morgan fingerprint density at radius 1 is 1.30 bits per heavy atom. The van der Waals surface area contributed by atoms with E-state index in [-0.39, 0.29) is 11.9 Å². The maximum absolute atomic E-state index is 13.3. The Hall–Kier alpha value is -2.19. The van der Waals surface area contributed by atoms with Crippen LogP contribution >= 0.6 is 0 Å². The molecule has 2 aromatic rings. The van der Waals surface area contributed by atoms with E-state index < -0.39 is 0 Å². The number of H-pyrrole nitrogens is 1. The van der Waals surface area contributed by atoms with E-state index in [1.165, 1.54) is 0 Å². The molecule has 2 atom stereocenters. The summed E-state index contributed by atoms with van der Waals surface area (Å²) in [6.45, 7) is 4.56. The molecule has 0 unspecified atom stereocenters. The largest absolute Gasteiger partial charge is 0.379 e. The number of imidazole rings is 1. The highest BCUT2D eigenvalue weighted by atomic mass is 16.5. The van der Waals surface area contributed by atoms with Gasteiger partial charge in [0.25, 0.3) is 5.91 Å². The van der Waals surface area contributed by atoms with Crippen LogP contribution in [0.1, 0.15) is 34.0 Å². The summed E-state index contributed by atoms with van der Waals surface area (Å²) in [6.07, 6.45) is 6.88. The number of rotatable bonds is 3. The topological polar surface area (TPSA) is 79.3 Å². The lowest BCUT2D eigenvalue weighted by Gasteiger charge is -2.30. The van der Waals surface area contributed by atoms with Crippen LogP contribution < -0.4 is 0 Å². The van der Waals surface area contributed by atoms with Crippen molar-refractivity contribution >= 4 is 5.91 Å². The second-order valence-corrected chi connectivity index (χ2v) is 8.05. The van der Waals surface area contributed by atoms with E-state index in [2.05, 4.69) is 24.6 Å². The summed E-state index contributed by atoms with van der Waals surface area (Å²) in [4.78, 5) is 22.2. The number of carbonyl (C=O) groups is 1. The van der Waals surface area contributed by atoms with E-state index in [4.69, 9.17) is 4.74 Å². The molecule has 5 rings (SSSR count). The van der Waals surface area contributed by atoms with Crippen molar-refractivity contribution in [3.8, 4) is 0 Å². The number of hydrogen-bond donors (Lipinski definition) is 1. The number of aromatic amines is 1. The van der Waals surface area contributed by atoms with E-state index >= 15 is 0 Å². The van der Waals surface area contributed by atoms with Crippen molar-refractivity contribution in [1.82, 2.24) is 29.5 Å². The molecule has 27 heavy (non-hydrogen) atoms. The lowest BCUT2D eigenvalue weighted by Crippen LogP contribution is -2.46. The minimum absolute atomic E-state index is 0.0546. The van der Waals surface area contributed by atoms with Gasteiger partial charge in [0.05, 0.1) is 25.8 Å². The number of fused-ring (bicyclic) bond motifs is 4. The third-order valence-electron chi connectivity index (χ3n) is 6.10. The van der Waals surface area contributed by atoms with Gasteiger partial charge in [0.2, 0.25) is 0 Å². The van der Waals surface area contributed by atoms with E-state index in [1.54, 1.807) is 0 Å². The van der Waals surface area contributed by atoms with Crippen molar-refractivity contribution in [2.24, 2.45) is 13.0 Å². The fourth-order valence-corrected chi connectivity index (χ4v) is 4.70. The van der Waals surface area contributed by atoms with Crippen LogP contribution in [-0.4, -0.2) is 74.3 Å². The van der Waals surface area contributed by atoms with Gasteiger partial charge in [-0.1, -0.05) is 0 Å². The number of ether oxygens (including phenoxy) is 1. The van der Waals surface area contributed by atoms with Crippen molar-refractivity contribution in [2.45, 2.75) is 31.8 Å². The van der Waals surface area contributed by atoms with Gasteiger partial charge >= 0.3 is 0 Å². The van der Waals surface area contributed by atoms with Crippen molar-refractivity contribution in [1.29, 1.82) is 0 Å². The van der Waals surface area contributed by atoms with Gasteiger partial charge < -0.3 is 14.2 Å². The minimum Gasteiger partial charge on any atom is -0.379 e. The standard InChI is InChI=1S/C19H26N6O2/c1-23-6-5-20-17(23)10-24-7-13-8-25(14(9-24)12-27-11-13)19(26)18-15-3-2-4-16(15)21-22-18/h5-6,13-14H,2-4,7-12H2,1H3,(H,21,22)/t13-,14-/m0/s1. The predicted octanol–water partition coefficient (Wildman–Crippen LogP) is 0.605. The van der Waals surface area contributed by atoms with E-state index in [9.17, 15) is 4.79 Å². The molecular weight excluding hydrogens is 344 g/mol. The van der Waals surface area contributed by atoms with Crippen molar-refractivity contribution in [3.63, 3.8) is 0 Å². The van der Waals surface area contributed by atoms with Gasteiger partial charge in [0.15, 0.2) is 5.69 Å². The molecule has 2 aromatic heterocycles. The molecule has 0 spiro atoms. The highest BCUT2D eigenvalue weighted by Gasteiger charge is 2.38. The molecular formula is C19H26N6O2. The smallest absolute Gasteiger partial charge is 0.275 e. The van der Waals surface area contributed by atoms with Crippen LogP contribution in [0.15, 0.2) is 12.4 Å². The Kier molecular flexibility index (Phi) is 4.24. The van der Waals surface area contributed by atoms with E-state index in [0.717, 1.165) is 62.5 Å². The average molecular weight is 370 g/mol. The molecule has 0 radical (unpaired) electrons. The summed E-state index contributed by atoms with van der Waals surface area (Å²) >= 11 is 0. The average Bonchev–Trinajstić information content (AvgIpc) is 3.28. The molecule has 2 fully saturated rings. The van der Waals surface area contributed by atoms with E-state index in [1.807, 2.05) is 24.3 Å². The lowest BCUT2D eigenvalue weighted by atomic mass is 10.1. The number of amides is 1. The minimum atomic E-state index is 0.0546. The summed E-state index contributed by atoms with van der Waals surface area (Å²) in [6, 6.07) is 0.0546. The second kappa shape index (κ2) is 6.76. The first kappa shape index (κ1) is 16.9. The van der Waals surface area contributed by atoms with Crippen LogP contribution in [0.2, 0.25) is 0 Å². The zero-order valence-corrected chi connectivity index (χ0v) is 15.7. The van der Waals surface area contributed by atoms with Crippen LogP contribution in [0.3, 0.4) is 0 Å². The Morgan fingerprint density at radius 2 is 2.22 bits per heavy atom. The predicted molar refractivity (Wildman–Crippen MR) is 98.2 cm³/mol. The van der Waals surface area contributed by atoms with Crippen molar-refractivity contribution < 1.29 is 9.53 Å². The third-order valence-corrected chi connectivity index (χ3v) is 6.10. The van der Waals surface area contributed by atoms with Gasteiger partial charge in [-0.15, -0.1) is 0 Å². The summed E-state index contributed by atoms with van der Waals surface area (Å²) in [5.74, 6) is 1.43. The van der Waals surface area contributed by atoms with Crippen LogP contribution in [0, 0.1) is 5.92 Å². The zero-order valence-electron chi connectivity index (χ0n) is 15.7. The Morgan fingerprint density at radius 3 is 3.07 bits per heavy atom. The van der Waals surface area contributed by atoms with Gasteiger partial charge in [-0.25, -0.2) is 4.98 Å². The van der Waals surface area contributed by atoms with Crippen molar-refractivity contribution in [2.75, 3.05) is 32.8 Å². The highest BCUT2D eigenvalue weighted by molar-refractivity contribution is 5.94. The molecule has 8 heteroatoms. The van der Waals surface area contributed by atoms with Crippen LogP contribution in [0.5, 0.6) is 0 Å². The first-order valence-electron chi connectivity index (χ1n) is 9.82. The number of nitrogens with zero attached hydrogens (tertiary/aromatic N) is 5. The van der Waals surface area contributed by atoms with Crippen LogP contribution in [-0.2, 0) is 31.2 Å². The summed E-state index contributed by atoms with van der Waals surface area (Å²) < 4.78 is 7.95. The molecule has 3 aliphatic rings. The van der Waals surface area contributed by atoms with Gasteiger partial charge in [0.1, 0.15) is 5.82 Å². The highest BCUT2D eigenvalue weighted by Crippen LogP contribution is 2.27. The number of carbonyl (C=O) groups excluding carboxylic acids is 1. The Balaban J connectivity index is 1.38.